The average molecular weight is 490 g/mol. The highest BCUT2D eigenvalue weighted by Crippen LogP contribution is 2.36. The maximum atomic E-state index is 13.7. The van der Waals surface area contributed by atoms with Crippen molar-refractivity contribution in [3.63, 3.8) is 0 Å². The van der Waals surface area contributed by atoms with Gasteiger partial charge in [0.25, 0.3) is 5.56 Å². The van der Waals surface area contributed by atoms with E-state index in [2.05, 4.69) is 16.0 Å². The standard InChI is InChI=1S/C24H16ClN5O3S/c1-33-15-9-17(22(25)28-12-15)20-10-18-21(34-20)23(31)30(24(32)29(18)8-4-7-26)19-13-27-11-14-5-2-3-6-16(14)19/h2-3,5-6,9-13H,4,8H2,1H3. The van der Waals surface area contributed by atoms with E-state index in [1.807, 2.05) is 24.3 Å². The lowest BCUT2D eigenvalue weighted by atomic mass is 10.1. The van der Waals surface area contributed by atoms with Gasteiger partial charge in [-0.05, 0) is 12.1 Å². The Bertz CT molecular complexity index is 1730. The summed E-state index contributed by atoms with van der Waals surface area (Å²) in [5.74, 6) is 0.512. The summed E-state index contributed by atoms with van der Waals surface area (Å²) in [6.45, 7) is 0.130. The molecule has 0 aliphatic rings. The van der Waals surface area contributed by atoms with Gasteiger partial charge in [-0.2, -0.15) is 5.26 Å². The van der Waals surface area contributed by atoms with Crippen molar-refractivity contribution in [1.29, 1.82) is 5.26 Å². The molecule has 1 aromatic carbocycles. The third-order valence-corrected chi connectivity index (χ3v) is 6.92. The van der Waals surface area contributed by atoms with Crippen molar-refractivity contribution in [1.82, 2.24) is 19.1 Å². The van der Waals surface area contributed by atoms with Crippen LogP contribution in [0.15, 0.2) is 64.6 Å². The SMILES string of the molecule is COc1cnc(Cl)c(-c2cc3c(s2)c(=O)n(-c2cncc4ccccc24)c(=O)n3CCC#N)c1. The van der Waals surface area contributed by atoms with E-state index in [9.17, 15) is 9.59 Å². The zero-order valence-corrected chi connectivity index (χ0v) is 19.4. The predicted molar refractivity (Wildman–Crippen MR) is 132 cm³/mol. The number of hydrogen-bond acceptors (Lipinski definition) is 7. The minimum absolute atomic E-state index is 0.105. The third kappa shape index (κ3) is 3.53. The van der Waals surface area contributed by atoms with Crippen molar-refractivity contribution < 1.29 is 4.74 Å². The first-order chi connectivity index (χ1) is 16.5. The molecule has 0 saturated heterocycles. The fourth-order valence-electron chi connectivity index (χ4n) is 3.86. The minimum atomic E-state index is -0.537. The molecule has 0 unspecified atom stereocenters. The molecule has 0 N–H and O–H groups in total. The van der Waals surface area contributed by atoms with Crippen molar-refractivity contribution in [3.8, 4) is 27.9 Å². The molecule has 8 nitrogen and oxygen atoms in total. The van der Waals surface area contributed by atoms with Gasteiger partial charge in [0.15, 0.2) is 0 Å². The van der Waals surface area contributed by atoms with Gasteiger partial charge in [-0.1, -0.05) is 35.9 Å². The van der Waals surface area contributed by atoms with E-state index in [4.69, 9.17) is 21.6 Å². The molecule has 0 radical (unpaired) electrons. The smallest absolute Gasteiger partial charge is 0.336 e. The maximum Gasteiger partial charge on any atom is 0.336 e. The van der Waals surface area contributed by atoms with Crippen molar-refractivity contribution >= 4 is 43.9 Å². The van der Waals surface area contributed by atoms with E-state index in [0.29, 0.717) is 32.1 Å². The zero-order valence-electron chi connectivity index (χ0n) is 17.9. The normalized spacial score (nSPS) is 11.1. The summed E-state index contributed by atoms with van der Waals surface area (Å²) >= 11 is 7.54. The van der Waals surface area contributed by atoms with Gasteiger partial charge in [0.2, 0.25) is 0 Å². The van der Waals surface area contributed by atoms with Crippen LogP contribution in [0.1, 0.15) is 6.42 Å². The van der Waals surface area contributed by atoms with Crippen LogP contribution < -0.4 is 16.0 Å². The Balaban J connectivity index is 1.85. The number of aromatic nitrogens is 4. The highest BCUT2D eigenvalue weighted by molar-refractivity contribution is 7.22. The van der Waals surface area contributed by atoms with Crippen LogP contribution in [-0.2, 0) is 6.54 Å². The average Bonchev–Trinajstić information content (AvgIpc) is 3.30. The van der Waals surface area contributed by atoms with E-state index >= 15 is 0 Å². The Morgan fingerprint density at radius 2 is 2.00 bits per heavy atom. The molecule has 5 aromatic rings. The molecule has 0 aliphatic heterocycles. The molecule has 5 rings (SSSR count). The van der Waals surface area contributed by atoms with Crippen molar-refractivity contribution in [2.45, 2.75) is 13.0 Å². The molecule has 0 amide bonds. The molecule has 0 atom stereocenters. The van der Waals surface area contributed by atoms with E-state index in [1.54, 1.807) is 18.3 Å². The number of ether oxygens (including phenoxy) is 1. The van der Waals surface area contributed by atoms with Crippen LogP contribution in [0.4, 0.5) is 0 Å². The van der Waals surface area contributed by atoms with Crippen LogP contribution in [0.25, 0.3) is 37.1 Å². The number of benzene rings is 1. The fourth-order valence-corrected chi connectivity index (χ4v) is 5.23. The topological polar surface area (TPSA) is 103 Å². The Hall–Kier alpha value is -4.00. The largest absolute Gasteiger partial charge is 0.495 e. The third-order valence-electron chi connectivity index (χ3n) is 5.47. The molecule has 0 aliphatic carbocycles. The van der Waals surface area contributed by atoms with Crippen LogP contribution in [0.3, 0.4) is 0 Å². The summed E-state index contributed by atoms with van der Waals surface area (Å²) in [6, 6.07) is 12.9. The van der Waals surface area contributed by atoms with Gasteiger partial charge in [-0.3, -0.25) is 14.3 Å². The maximum absolute atomic E-state index is 13.7. The molecule has 0 bridgehead atoms. The Morgan fingerprint density at radius 1 is 1.18 bits per heavy atom. The van der Waals surface area contributed by atoms with E-state index in [1.165, 1.54) is 35.4 Å². The second-order valence-corrected chi connectivity index (χ2v) is 8.81. The first-order valence-corrected chi connectivity index (χ1v) is 11.4. The summed E-state index contributed by atoms with van der Waals surface area (Å²) in [5.41, 5.74) is 0.407. The second kappa shape index (κ2) is 8.74. The van der Waals surface area contributed by atoms with Gasteiger partial charge in [0.05, 0.1) is 43.2 Å². The first kappa shape index (κ1) is 21.8. The van der Waals surface area contributed by atoms with Crippen molar-refractivity contribution in [2.75, 3.05) is 7.11 Å². The summed E-state index contributed by atoms with van der Waals surface area (Å²) < 4.78 is 8.20. The number of aryl methyl sites for hydroxylation is 1. The number of halogens is 1. The van der Waals surface area contributed by atoms with Crippen LogP contribution in [-0.4, -0.2) is 26.2 Å². The lowest BCUT2D eigenvalue weighted by Crippen LogP contribution is -2.38. The molecular formula is C24H16ClN5O3S. The van der Waals surface area contributed by atoms with Crippen molar-refractivity contribution in [2.24, 2.45) is 0 Å². The monoisotopic (exact) mass is 489 g/mol. The Morgan fingerprint density at radius 3 is 2.79 bits per heavy atom. The number of fused-ring (bicyclic) bond motifs is 2. The number of thiophene rings is 1. The van der Waals surface area contributed by atoms with Crippen molar-refractivity contribution in [3.05, 3.63) is 81.0 Å². The molecular weight excluding hydrogens is 474 g/mol. The molecule has 4 aromatic heterocycles. The van der Waals surface area contributed by atoms with Gasteiger partial charge in [0.1, 0.15) is 15.6 Å². The lowest BCUT2D eigenvalue weighted by molar-refractivity contribution is 0.413. The molecule has 0 spiro atoms. The molecule has 4 heterocycles. The summed E-state index contributed by atoms with van der Waals surface area (Å²) in [5, 5.41) is 10.9. The quantitative estimate of drug-likeness (QED) is 0.339. The number of methoxy groups -OCH3 is 1. The van der Waals surface area contributed by atoms with Gasteiger partial charge in [-0.15, -0.1) is 11.3 Å². The molecule has 0 fully saturated rings. The lowest BCUT2D eigenvalue weighted by Gasteiger charge is -2.12. The number of hydrogen-bond donors (Lipinski definition) is 0. The summed E-state index contributed by atoms with van der Waals surface area (Å²) in [7, 11) is 1.52. The zero-order chi connectivity index (χ0) is 23.8. The Labute approximate surface area is 201 Å². The Kier molecular flexibility index (Phi) is 5.61. The summed E-state index contributed by atoms with van der Waals surface area (Å²) in [4.78, 5) is 36.3. The highest BCUT2D eigenvalue weighted by atomic mass is 35.5. The van der Waals surface area contributed by atoms with E-state index < -0.39 is 11.2 Å². The van der Waals surface area contributed by atoms with Gasteiger partial charge in [0, 0.05) is 34.0 Å². The minimum Gasteiger partial charge on any atom is -0.495 e. The fraction of sp³-hybridized carbons (Fsp3) is 0.125. The van der Waals surface area contributed by atoms with Crippen LogP contribution in [0.5, 0.6) is 5.75 Å². The predicted octanol–water partition coefficient (Wildman–Crippen LogP) is 4.40. The molecule has 10 heteroatoms. The molecule has 0 saturated carbocycles. The number of nitriles is 1. The first-order valence-electron chi connectivity index (χ1n) is 10.2. The van der Waals surface area contributed by atoms with Gasteiger partial charge >= 0.3 is 5.69 Å². The van der Waals surface area contributed by atoms with Crippen LogP contribution >= 0.6 is 22.9 Å². The number of rotatable bonds is 5. The van der Waals surface area contributed by atoms with E-state index in [-0.39, 0.29) is 18.1 Å². The molecule has 168 valence electrons. The second-order valence-electron chi connectivity index (χ2n) is 7.40. The highest BCUT2D eigenvalue weighted by Gasteiger charge is 2.20. The molecule has 34 heavy (non-hydrogen) atoms. The number of nitrogens with zero attached hydrogens (tertiary/aromatic N) is 5. The summed E-state index contributed by atoms with van der Waals surface area (Å²) in [6.07, 6.45) is 4.79. The van der Waals surface area contributed by atoms with E-state index in [0.717, 1.165) is 15.3 Å². The van der Waals surface area contributed by atoms with Crippen LogP contribution in [0, 0.1) is 11.3 Å². The van der Waals surface area contributed by atoms with Gasteiger partial charge < -0.3 is 4.74 Å². The number of pyridine rings is 2. The van der Waals surface area contributed by atoms with Gasteiger partial charge in [-0.25, -0.2) is 14.3 Å². The van der Waals surface area contributed by atoms with Crippen LogP contribution in [0.2, 0.25) is 5.15 Å².